The highest BCUT2D eigenvalue weighted by molar-refractivity contribution is 5.69. The fourth-order valence-corrected chi connectivity index (χ4v) is 4.87. The van der Waals surface area contributed by atoms with Gasteiger partial charge in [-0.15, -0.1) is 0 Å². The van der Waals surface area contributed by atoms with E-state index >= 15 is 0 Å². The molecule has 9 heteroatoms. The maximum absolute atomic E-state index is 12.3. The Balaban J connectivity index is 2.51. The van der Waals surface area contributed by atoms with Crippen molar-refractivity contribution in [3.8, 4) is 23.7 Å². The fourth-order valence-electron chi connectivity index (χ4n) is 4.87. The van der Waals surface area contributed by atoms with E-state index in [2.05, 4.69) is 30.6 Å². The highest BCUT2D eigenvalue weighted by Crippen LogP contribution is 2.25. The molecule has 1 aliphatic rings. The highest BCUT2D eigenvalue weighted by atomic mass is 16.7. The molecule has 0 unspecified atom stereocenters. The van der Waals surface area contributed by atoms with Gasteiger partial charge in [0.2, 0.25) is 0 Å². The standard InChI is InChI=1S/C36H58O9/c1-3-5-7-9-10-11-12-13-14-15-16-18-22-26-32(39)43-28-31-33(40)34(41)35(42)36(45-31)44-30(25-21-19-23-27-37)29(38)24-20-17-8-6-4-2/h4,6,21,25,29-31,33-38,40-42H,3,5,7,9-16,18-19,22-23,26-28H2,1-2H3/b6-4+,25-21+/t29-,30-,31-,33-,34+,35-,36-/m1/s1. The van der Waals surface area contributed by atoms with Crippen LogP contribution in [-0.2, 0) is 19.0 Å². The third-order valence-corrected chi connectivity index (χ3v) is 7.62. The van der Waals surface area contributed by atoms with Gasteiger partial charge in [0.25, 0.3) is 0 Å². The molecule has 7 atom stereocenters. The molecule has 1 heterocycles. The van der Waals surface area contributed by atoms with Crippen molar-refractivity contribution in [3.63, 3.8) is 0 Å². The van der Waals surface area contributed by atoms with Gasteiger partial charge in [-0.25, -0.2) is 0 Å². The lowest BCUT2D eigenvalue weighted by Gasteiger charge is -2.41. The Morgan fingerprint density at radius 3 is 2.09 bits per heavy atom. The molecular formula is C36H58O9. The average Bonchev–Trinajstić information content (AvgIpc) is 3.03. The topological polar surface area (TPSA) is 146 Å². The minimum Gasteiger partial charge on any atom is -0.463 e. The van der Waals surface area contributed by atoms with Gasteiger partial charge in [-0.1, -0.05) is 114 Å². The summed E-state index contributed by atoms with van der Waals surface area (Å²) in [5.41, 5.74) is 0. The molecule has 45 heavy (non-hydrogen) atoms. The molecule has 1 rings (SSSR count). The molecule has 0 amide bonds. The van der Waals surface area contributed by atoms with Crippen LogP contribution in [0.5, 0.6) is 0 Å². The van der Waals surface area contributed by atoms with Gasteiger partial charge in [0.1, 0.15) is 43.2 Å². The zero-order chi connectivity index (χ0) is 33.1. The average molecular weight is 635 g/mol. The number of ether oxygens (including phenoxy) is 3. The molecule has 5 N–H and O–H groups in total. The molecule has 0 saturated carbocycles. The number of allylic oxidation sites excluding steroid dienone is 3. The van der Waals surface area contributed by atoms with E-state index in [4.69, 9.17) is 19.3 Å². The second-order valence-corrected chi connectivity index (χ2v) is 11.6. The normalized spacial score (nSPS) is 22.9. The summed E-state index contributed by atoms with van der Waals surface area (Å²) in [6.45, 7) is 3.71. The summed E-state index contributed by atoms with van der Waals surface area (Å²) < 4.78 is 16.8. The number of rotatable bonds is 23. The lowest BCUT2D eigenvalue weighted by atomic mass is 9.99. The quantitative estimate of drug-likeness (QED) is 0.0475. The second kappa shape index (κ2) is 27.0. The second-order valence-electron chi connectivity index (χ2n) is 11.6. The van der Waals surface area contributed by atoms with Crippen LogP contribution in [0.2, 0.25) is 0 Å². The van der Waals surface area contributed by atoms with E-state index in [-0.39, 0.29) is 19.6 Å². The first kappa shape index (κ1) is 40.8. The minimum absolute atomic E-state index is 0.00690. The van der Waals surface area contributed by atoms with Crippen molar-refractivity contribution in [2.24, 2.45) is 0 Å². The molecule has 1 fully saturated rings. The maximum atomic E-state index is 12.3. The summed E-state index contributed by atoms with van der Waals surface area (Å²) in [4.78, 5) is 12.3. The maximum Gasteiger partial charge on any atom is 0.305 e. The number of aliphatic hydroxyl groups is 5. The Morgan fingerprint density at radius 2 is 1.49 bits per heavy atom. The number of carbonyl (C=O) groups is 1. The minimum atomic E-state index is -1.64. The monoisotopic (exact) mass is 634 g/mol. The van der Waals surface area contributed by atoms with Gasteiger partial charge in [-0.2, -0.15) is 0 Å². The lowest BCUT2D eigenvalue weighted by Crippen LogP contribution is -2.60. The Hall–Kier alpha value is -2.21. The molecule has 0 spiro atoms. The number of hydrogen-bond donors (Lipinski definition) is 5. The van der Waals surface area contributed by atoms with Gasteiger partial charge >= 0.3 is 5.97 Å². The number of aliphatic hydroxyl groups excluding tert-OH is 5. The summed E-state index contributed by atoms with van der Waals surface area (Å²) in [6.07, 6.45) is 13.6. The molecule has 0 aliphatic carbocycles. The van der Waals surface area contributed by atoms with Crippen molar-refractivity contribution in [1.29, 1.82) is 0 Å². The van der Waals surface area contributed by atoms with Gasteiger partial charge in [0.15, 0.2) is 6.29 Å². The van der Waals surface area contributed by atoms with E-state index in [1.165, 1.54) is 63.9 Å². The first-order valence-corrected chi connectivity index (χ1v) is 16.9. The highest BCUT2D eigenvalue weighted by Gasteiger charge is 2.45. The van der Waals surface area contributed by atoms with E-state index < -0.39 is 48.9 Å². The summed E-state index contributed by atoms with van der Waals surface area (Å²) in [6, 6.07) is 0. The van der Waals surface area contributed by atoms with Crippen molar-refractivity contribution in [3.05, 3.63) is 24.3 Å². The summed E-state index contributed by atoms with van der Waals surface area (Å²) in [5, 5.41) is 51.1. The molecule has 256 valence electrons. The summed E-state index contributed by atoms with van der Waals surface area (Å²) in [7, 11) is 0. The predicted octanol–water partition coefficient (Wildman–Crippen LogP) is 4.48. The lowest BCUT2D eigenvalue weighted by molar-refractivity contribution is -0.311. The number of hydrogen-bond acceptors (Lipinski definition) is 9. The Kier molecular flexibility index (Phi) is 24.4. The number of unbranched alkanes of at least 4 members (excludes halogenated alkanes) is 13. The number of carbonyl (C=O) groups excluding carboxylic acids is 1. The van der Waals surface area contributed by atoms with Gasteiger partial charge < -0.3 is 39.7 Å². The van der Waals surface area contributed by atoms with Crippen LogP contribution in [-0.4, -0.2) is 87.6 Å². The van der Waals surface area contributed by atoms with E-state index in [1.807, 2.05) is 6.92 Å². The van der Waals surface area contributed by atoms with Gasteiger partial charge in [-0.3, -0.25) is 4.79 Å². The smallest absolute Gasteiger partial charge is 0.305 e. The van der Waals surface area contributed by atoms with Crippen LogP contribution in [0.25, 0.3) is 0 Å². The van der Waals surface area contributed by atoms with Gasteiger partial charge in [0, 0.05) is 13.0 Å². The number of esters is 1. The molecule has 0 aromatic rings. The van der Waals surface area contributed by atoms with Crippen molar-refractivity contribution in [2.75, 3.05) is 13.2 Å². The Bertz CT molecular complexity index is 942. The predicted molar refractivity (Wildman–Crippen MR) is 175 cm³/mol. The van der Waals surface area contributed by atoms with Gasteiger partial charge in [-0.05, 0) is 44.1 Å². The molecule has 1 saturated heterocycles. The molecular weight excluding hydrogens is 576 g/mol. The third kappa shape index (κ3) is 19.1. The van der Waals surface area contributed by atoms with Crippen LogP contribution < -0.4 is 0 Å². The van der Waals surface area contributed by atoms with Crippen LogP contribution in [0.3, 0.4) is 0 Å². The van der Waals surface area contributed by atoms with E-state index in [0.717, 1.165) is 19.3 Å². The molecule has 0 bridgehead atoms. The van der Waals surface area contributed by atoms with Crippen LogP contribution in [0.1, 0.15) is 117 Å². The van der Waals surface area contributed by atoms with Crippen molar-refractivity contribution < 1.29 is 44.5 Å². The van der Waals surface area contributed by atoms with Crippen LogP contribution in [0.15, 0.2) is 24.3 Å². The summed E-state index contributed by atoms with van der Waals surface area (Å²) in [5.74, 6) is 9.93. The Morgan fingerprint density at radius 1 is 0.867 bits per heavy atom. The summed E-state index contributed by atoms with van der Waals surface area (Å²) >= 11 is 0. The first-order valence-electron chi connectivity index (χ1n) is 16.9. The molecule has 9 nitrogen and oxygen atoms in total. The zero-order valence-electron chi connectivity index (χ0n) is 27.4. The fraction of sp³-hybridized carbons (Fsp3) is 0.750. The molecule has 0 aromatic carbocycles. The van der Waals surface area contributed by atoms with Crippen molar-refractivity contribution in [1.82, 2.24) is 0 Å². The zero-order valence-corrected chi connectivity index (χ0v) is 27.4. The van der Waals surface area contributed by atoms with Gasteiger partial charge in [0.05, 0.1) is 0 Å². The SMILES string of the molecule is C/C=C/C#CC#C[C@@H](O)[C@@H](/C=C/CCCO)O[C@@H]1O[C@H](COC(=O)CCCCCCCCCCCCCCC)[C@@H](O)[C@H](O)[C@H]1O. The largest absolute Gasteiger partial charge is 0.463 e. The Labute approximate surface area is 271 Å². The molecule has 0 radical (unpaired) electrons. The molecule has 0 aromatic heterocycles. The van der Waals surface area contributed by atoms with E-state index in [0.29, 0.717) is 19.3 Å². The van der Waals surface area contributed by atoms with E-state index in [1.54, 1.807) is 18.2 Å². The van der Waals surface area contributed by atoms with E-state index in [9.17, 15) is 25.2 Å². The van der Waals surface area contributed by atoms with Crippen LogP contribution in [0.4, 0.5) is 0 Å². The third-order valence-electron chi connectivity index (χ3n) is 7.62. The van der Waals surface area contributed by atoms with Crippen molar-refractivity contribution in [2.45, 2.75) is 159 Å². The molecule has 1 aliphatic heterocycles. The first-order chi connectivity index (χ1) is 21.8. The van der Waals surface area contributed by atoms with Crippen LogP contribution in [0, 0.1) is 23.7 Å². The van der Waals surface area contributed by atoms with Crippen molar-refractivity contribution >= 4 is 5.97 Å². The van der Waals surface area contributed by atoms with Crippen LogP contribution >= 0.6 is 0 Å².